The number of benzene rings is 1. The number of hydrogen-bond donors (Lipinski definition) is 2. The Morgan fingerprint density at radius 2 is 1.82 bits per heavy atom. The van der Waals surface area contributed by atoms with E-state index >= 15 is 0 Å². The molecular weight excluding hydrogens is 162 g/mol. The van der Waals surface area contributed by atoms with Crippen molar-refractivity contribution in [2.24, 2.45) is 0 Å². The smallest absolute Gasteiger partial charge is 0.141 e. The van der Waals surface area contributed by atoms with E-state index in [-0.39, 0.29) is 18.2 Å². The molecule has 0 amide bonds. The Hall–Kier alpha value is -0.890. The van der Waals surface area contributed by atoms with Crippen LogP contribution in [0, 0.1) is 13.8 Å². The van der Waals surface area contributed by atoms with Gasteiger partial charge in [0.2, 0.25) is 0 Å². The van der Waals surface area contributed by atoms with Crippen molar-refractivity contribution in [2.45, 2.75) is 13.8 Å². The molecular formula is C8H12ClNO. The summed E-state index contributed by atoms with van der Waals surface area (Å²) >= 11 is 0. The SMILES string of the molecule is Cc1ccc(N)c(O)c1C.Cl. The molecule has 3 heteroatoms. The van der Waals surface area contributed by atoms with Crippen LogP contribution in [0.15, 0.2) is 12.1 Å². The number of nitrogens with two attached hydrogens (primary N) is 1. The second-order valence-corrected chi connectivity index (χ2v) is 2.45. The zero-order chi connectivity index (χ0) is 7.72. The van der Waals surface area contributed by atoms with Crippen LogP contribution in [0.25, 0.3) is 0 Å². The summed E-state index contributed by atoms with van der Waals surface area (Å²) in [5.74, 6) is 0.208. The zero-order valence-corrected chi connectivity index (χ0v) is 7.40. The van der Waals surface area contributed by atoms with E-state index < -0.39 is 0 Å². The summed E-state index contributed by atoms with van der Waals surface area (Å²) in [5, 5.41) is 9.26. The van der Waals surface area contributed by atoms with Gasteiger partial charge in [-0.05, 0) is 31.0 Å². The van der Waals surface area contributed by atoms with Gasteiger partial charge in [0.05, 0.1) is 5.69 Å². The molecule has 0 saturated carbocycles. The first-order valence-electron chi connectivity index (χ1n) is 3.17. The van der Waals surface area contributed by atoms with Crippen molar-refractivity contribution in [3.8, 4) is 5.75 Å². The average molecular weight is 174 g/mol. The Morgan fingerprint density at radius 3 is 2.27 bits per heavy atom. The van der Waals surface area contributed by atoms with Gasteiger partial charge in [-0.3, -0.25) is 0 Å². The topological polar surface area (TPSA) is 46.2 Å². The first kappa shape index (κ1) is 10.1. The summed E-state index contributed by atoms with van der Waals surface area (Å²) in [6, 6.07) is 3.60. The maximum Gasteiger partial charge on any atom is 0.141 e. The highest BCUT2D eigenvalue weighted by Gasteiger charge is 2.01. The first-order chi connectivity index (χ1) is 4.63. The van der Waals surface area contributed by atoms with Gasteiger partial charge in [0.25, 0.3) is 0 Å². The monoisotopic (exact) mass is 173 g/mol. The molecule has 0 aliphatic carbocycles. The van der Waals surface area contributed by atoms with Crippen LogP contribution in [0.1, 0.15) is 11.1 Å². The van der Waals surface area contributed by atoms with E-state index in [1.54, 1.807) is 6.07 Å². The van der Waals surface area contributed by atoms with Gasteiger partial charge >= 0.3 is 0 Å². The van der Waals surface area contributed by atoms with Crippen LogP contribution in [0.5, 0.6) is 5.75 Å². The van der Waals surface area contributed by atoms with Crippen molar-refractivity contribution in [1.82, 2.24) is 0 Å². The number of aryl methyl sites for hydroxylation is 1. The number of anilines is 1. The quantitative estimate of drug-likeness (QED) is 0.466. The predicted octanol–water partition coefficient (Wildman–Crippen LogP) is 2.01. The van der Waals surface area contributed by atoms with Gasteiger partial charge in [-0.25, -0.2) is 0 Å². The molecule has 0 aliphatic heterocycles. The Labute approximate surface area is 72.4 Å². The molecule has 11 heavy (non-hydrogen) atoms. The van der Waals surface area contributed by atoms with Crippen molar-refractivity contribution in [2.75, 3.05) is 5.73 Å². The third kappa shape index (κ3) is 1.77. The van der Waals surface area contributed by atoms with Crippen LogP contribution in [-0.4, -0.2) is 5.11 Å². The minimum atomic E-state index is 0. The Kier molecular flexibility index (Phi) is 3.20. The van der Waals surface area contributed by atoms with Gasteiger partial charge in [0, 0.05) is 0 Å². The Balaban J connectivity index is 0.000001000. The minimum absolute atomic E-state index is 0. The molecule has 1 aromatic carbocycles. The van der Waals surface area contributed by atoms with Crippen LogP contribution >= 0.6 is 12.4 Å². The molecule has 0 bridgehead atoms. The molecule has 1 aromatic rings. The summed E-state index contributed by atoms with van der Waals surface area (Å²) in [6.07, 6.45) is 0. The van der Waals surface area contributed by atoms with E-state index in [0.29, 0.717) is 5.69 Å². The molecule has 2 nitrogen and oxygen atoms in total. The van der Waals surface area contributed by atoms with Gasteiger partial charge in [-0.2, -0.15) is 0 Å². The van der Waals surface area contributed by atoms with E-state index in [2.05, 4.69) is 0 Å². The lowest BCUT2D eigenvalue weighted by molar-refractivity contribution is 0.473. The largest absolute Gasteiger partial charge is 0.506 e. The molecule has 0 heterocycles. The van der Waals surface area contributed by atoms with E-state index in [1.165, 1.54) is 0 Å². The van der Waals surface area contributed by atoms with Crippen molar-refractivity contribution in [3.63, 3.8) is 0 Å². The fourth-order valence-electron chi connectivity index (χ4n) is 0.822. The summed E-state index contributed by atoms with van der Waals surface area (Å²) in [6.45, 7) is 3.79. The molecule has 62 valence electrons. The maximum atomic E-state index is 9.26. The van der Waals surface area contributed by atoms with Gasteiger partial charge < -0.3 is 10.8 Å². The average Bonchev–Trinajstić information content (AvgIpc) is 1.93. The second kappa shape index (κ2) is 3.49. The van der Waals surface area contributed by atoms with Crippen LogP contribution < -0.4 is 5.73 Å². The molecule has 3 N–H and O–H groups in total. The third-order valence-corrected chi connectivity index (χ3v) is 1.73. The van der Waals surface area contributed by atoms with Gasteiger partial charge in [-0.1, -0.05) is 6.07 Å². The number of halogens is 1. The summed E-state index contributed by atoms with van der Waals surface area (Å²) in [5.41, 5.74) is 7.81. The molecule has 0 fully saturated rings. The van der Waals surface area contributed by atoms with E-state index in [1.807, 2.05) is 19.9 Å². The number of hydrogen-bond acceptors (Lipinski definition) is 2. The van der Waals surface area contributed by atoms with Crippen molar-refractivity contribution >= 4 is 18.1 Å². The molecule has 0 saturated heterocycles. The zero-order valence-electron chi connectivity index (χ0n) is 6.59. The number of nitrogen functional groups attached to an aromatic ring is 1. The third-order valence-electron chi connectivity index (χ3n) is 1.73. The predicted molar refractivity (Wildman–Crippen MR) is 49.2 cm³/mol. The van der Waals surface area contributed by atoms with Crippen LogP contribution in [0.2, 0.25) is 0 Å². The van der Waals surface area contributed by atoms with Crippen molar-refractivity contribution in [3.05, 3.63) is 23.3 Å². The highest BCUT2D eigenvalue weighted by Crippen LogP contribution is 2.26. The van der Waals surface area contributed by atoms with Crippen LogP contribution in [0.4, 0.5) is 5.69 Å². The van der Waals surface area contributed by atoms with Gasteiger partial charge in [-0.15, -0.1) is 12.4 Å². The van der Waals surface area contributed by atoms with E-state index in [4.69, 9.17) is 5.73 Å². The fraction of sp³-hybridized carbons (Fsp3) is 0.250. The number of phenols is 1. The molecule has 0 atom stereocenters. The van der Waals surface area contributed by atoms with Crippen LogP contribution in [0.3, 0.4) is 0 Å². The summed E-state index contributed by atoms with van der Waals surface area (Å²) in [7, 11) is 0. The second-order valence-electron chi connectivity index (χ2n) is 2.45. The van der Waals surface area contributed by atoms with Crippen LogP contribution in [-0.2, 0) is 0 Å². The standard InChI is InChI=1S/C8H11NO.ClH/c1-5-3-4-7(9)8(10)6(5)2;/h3-4,10H,9H2,1-2H3;1H. The highest BCUT2D eigenvalue weighted by molar-refractivity contribution is 5.85. The molecule has 0 aliphatic rings. The lowest BCUT2D eigenvalue weighted by atomic mass is 10.1. The van der Waals surface area contributed by atoms with Crippen molar-refractivity contribution in [1.29, 1.82) is 0 Å². The Bertz CT molecular complexity index is 234. The molecule has 0 spiro atoms. The molecule has 1 rings (SSSR count). The lowest BCUT2D eigenvalue weighted by Crippen LogP contribution is -1.89. The number of rotatable bonds is 0. The van der Waals surface area contributed by atoms with E-state index in [0.717, 1.165) is 11.1 Å². The fourth-order valence-corrected chi connectivity index (χ4v) is 0.822. The van der Waals surface area contributed by atoms with Crippen molar-refractivity contribution < 1.29 is 5.11 Å². The summed E-state index contributed by atoms with van der Waals surface area (Å²) in [4.78, 5) is 0. The number of phenolic OH excluding ortho intramolecular Hbond substituents is 1. The number of aromatic hydroxyl groups is 1. The van der Waals surface area contributed by atoms with Gasteiger partial charge in [0.1, 0.15) is 5.75 Å². The van der Waals surface area contributed by atoms with E-state index in [9.17, 15) is 5.11 Å². The molecule has 0 unspecified atom stereocenters. The van der Waals surface area contributed by atoms with Gasteiger partial charge in [0.15, 0.2) is 0 Å². The Morgan fingerprint density at radius 1 is 1.27 bits per heavy atom. The first-order valence-corrected chi connectivity index (χ1v) is 3.17. The minimum Gasteiger partial charge on any atom is -0.506 e. The lowest BCUT2D eigenvalue weighted by Gasteiger charge is -2.04. The normalized spacial score (nSPS) is 8.91. The highest BCUT2D eigenvalue weighted by atomic mass is 35.5. The molecule has 0 radical (unpaired) electrons. The summed E-state index contributed by atoms with van der Waals surface area (Å²) < 4.78 is 0. The molecule has 0 aromatic heterocycles. The maximum absolute atomic E-state index is 9.26.